The number of halogens is 2. The zero-order valence-corrected chi connectivity index (χ0v) is 31.9. The molecule has 3 amide bonds. The summed E-state index contributed by atoms with van der Waals surface area (Å²) in [5.74, 6) is -3.81. The Hall–Kier alpha value is -3.51. The number of hydrogen-bond donors (Lipinski definition) is 1. The number of aliphatic hydroxyl groups is 1. The van der Waals surface area contributed by atoms with Gasteiger partial charge in [0.15, 0.2) is 0 Å². The first-order valence-electron chi connectivity index (χ1n) is 17.4. The van der Waals surface area contributed by atoms with Gasteiger partial charge in [0.25, 0.3) is 5.91 Å². The van der Waals surface area contributed by atoms with Gasteiger partial charge < -0.3 is 29.3 Å². The van der Waals surface area contributed by atoms with E-state index in [0.717, 1.165) is 5.56 Å². The van der Waals surface area contributed by atoms with Gasteiger partial charge in [-0.05, 0) is 50.3 Å². The van der Waals surface area contributed by atoms with E-state index >= 15 is 0 Å². The minimum Gasteiger partial charge on any atom is -0.455 e. The van der Waals surface area contributed by atoms with Crippen molar-refractivity contribution in [1.82, 2.24) is 9.80 Å². The van der Waals surface area contributed by atoms with E-state index < -0.39 is 72.2 Å². The molecular weight excluding hydrogens is 738 g/mol. The van der Waals surface area contributed by atoms with E-state index in [9.17, 15) is 24.3 Å². The molecule has 2 aromatic rings. The van der Waals surface area contributed by atoms with E-state index in [1.165, 1.54) is 9.80 Å². The Morgan fingerprint density at radius 1 is 1.18 bits per heavy atom. The molecule has 10 nitrogen and oxygen atoms in total. The molecule has 12 heteroatoms. The lowest BCUT2D eigenvalue weighted by atomic mass is 9.70. The standard InChI is InChI=1S/C39H47BrClN3O7/c1-7-10-19-29(46)42(6)24(5)33(25-16-12-11-13-17-25)50-38(49)30-31-36(47)44(26(9-3)22-45)35(39(31)21-27(40)34(30)51-39)37(48)43(20-8-2)32-23(4)15-14-18-28(32)41/h7-8,11-18,24,26-27,30-31,33-35,45H,1-2,9-10,19-22H2,3-6H3/t24-,26-,27?,30+,31-,33+,34+,35+,39-/m0/s1. The van der Waals surface area contributed by atoms with Crippen LogP contribution in [-0.4, -0.2) is 93.5 Å². The second-order valence-corrected chi connectivity index (χ2v) is 15.2. The van der Waals surface area contributed by atoms with Crippen LogP contribution in [0.15, 0.2) is 73.8 Å². The van der Waals surface area contributed by atoms with Crippen LogP contribution < -0.4 is 4.90 Å². The van der Waals surface area contributed by atoms with Crippen molar-refractivity contribution in [2.45, 2.75) is 87.2 Å². The van der Waals surface area contributed by atoms with Crippen molar-refractivity contribution >= 4 is 56.9 Å². The van der Waals surface area contributed by atoms with Crippen molar-refractivity contribution in [1.29, 1.82) is 0 Å². The monoisotopic (exact) mass is 783 g/mol. The van der Waals surface area contributed by atoms with Gasteiger partial charge in [-0.1, -0.05) is 89.1 Å². The van der Waals surface area contributed by atoms with Crippen LogP contribution in [0, 0.1) is 18.8 Å². The average molecular weight is 785 g/mol. The average Bonchev–Trinajstić information content (AvgIpc) is 3.72. The Morgan fingerprint density at radius 2 is 1.88 bits per heavy atom. The Labute approximate surface area is 313 Å². The number of aliphatic hydroxyl groups excluding tert-OH is 1. The van der Waals surface area contributed by atoms with Gasteiger partial charge in [0, 0.05) is 24.8 Å². The molecule has 3 heterocycles. The van der Waals surface area contributed by atoms with E-state index in [1.54, 1.807) is 36.2 Å². The number of hydrogen-bond acceptors (Lipinski definition) is 7. The Morgan fingerprint density at radius 3 is 2.49 bits per heavy atom. The predicted octanol–water partition coefficient (Wildman–Crippen LogP) is 5.78. The number of fused-ring (bicyclic) bond motifs is 1. The fourth-order valence-corrected chi connectivity index (χ4v) is 9.35. The third kappa shape index (κ3) is 6.90. The largest absolute Gasteiger partial charge is 0.455 e. The Balaban J connectivity index is 1.56. The first-order valence-corrected chi connectivity index (χ1v) is 18.7. The van der Waals surface area contributed by atoms with Gasteiger partial charge in [-0.3, -0.25) is 19.2 Å². The second kappa shape index (κ2) is 16.0. The molecular formula is C39H47BrClN3O7. The van der Waals surface area contributed by atoms with E-state index in [4.69, 9.17) is 21.1 Å². The first-order chi connectivity index (χ1) is 24.4. The third-order valence-corrected chi connectivity index (χ3v) is 11.9. The zero-order valence-electron chi connectivity index (χ0n) is 29.5. The van der Waals surface area contributed by atoms with Crippen molar-refractivity contribution in [3.8, 4) is 0 Å². The summed E-state index contributed by atoms with van der Waals surface area (Å²) < 4.78 is 13.1. The lowest BCUT2D eigenvalue weighted by molar-refractivity contribution is -0.165. The van der Waals surface area contributed by atoms with Crippen LogP contribution in [0.5, 0.6) is 0 Å². The van der Waals surface area contributed by atoms with E-state index in [0.29, 0.717) is 29.1 Å². The van der Waals surface area contributed by atoms with Crippen LogP contribution in [0.25, 0.3) is 0 Å². The smallest absolute Gasteiger partial charge is 0.313 e. The summed E-state index contributed by atoms with van der Waals surface area (Å²) in [6.45, 7) is 12.8. The number of likely N-dealkylation sites (tertiary alicyclic amines) is 1. The van der Waals surface area contributed by atoms with Crippen LogP contribution in [0.4, 0.5) is 5.69 Å². The molecule has 1 N–H and O–H groups in total. The second-order valence-electron chi connectivity index (χ2n) is 13.6. The van der Waals surface area contributed by atoms with E-state index in [1.807, 2.05) is 57.2 Å². The number of nitrogens with zero attached hydrogens (tertiary/aromatic N) is 3. The molecule has 1 spiro atoms. The molecule has 0 radical (unpaired) electrons. The summed E-state index contributed by atoms with van der Waals surface area (Å²) in [4.78, 5) is 61.5. The van der Waals surface area contributed by atoms with Gasteiger partial charge in [0.1, 0.15) is 17.7 Å². The van der Waals surface area contributed by atoms with Crippen LogP contribution >= 0.6 is 27.5 Å². The van der Waals surface area contributed by atoms with Gasteiger partial charge in [-0.15, -0.1) is 13.2 Å². The van der Waals surface area contributed by atoms with Crippen LogP contribution in [0.2, 0.25) is 5.02 Å². The highest BCUT2D eigenvalue weighted by Gasteiger charge is 2.77. The molecule has 3 fully saturated rings. The maximum absolute atomic E-state index is 15.0. The molecule has 5 rings (SSSR count). The molecule has 9 atom stereocenters. The lowest BCUT2D eigenvalue weighted by Crippen LogP contribution is -2.59. The van der Waals surface area contributed by atoms with Crippen molar-refractivity contribution < 1.29 is 33.8 Å². The molecule has 2 aromatic carbocycles. The number of para-hydroxylation sites is 1. The predicted molar refractivity (Wildman–Crippen MR) is 199 cm³/mol. The maximum Gasteiger partial charge on any atom is 0.313 e. The summed E-state index contributed by atoms with van der Waals surface area (Å²) in [5, 5.41) is 10.9. The van der Waals surface area contributed by atoms with E-state index in [2.05, 4.69) is 29.1 Å². The number of likely N-dealkylation sites (N-methyl/N-ethyl adjacent to an activating group) is 1. The molecule has 51 heavy (non-hydrogen) atoms. The molecule has 3 aliphatic rings. The van der Waals surface area contributed by atoms with Gasteiger partial charge in [-0.25, -0.2) is 0 Å². The van der Waals surface area contributed by atoms with Gasteiger partial charge >= 0.3 is 5.97 Å². The van der Waals surface area contributed by atoms with Crippen molar-refractivity contribution in [2.75, 3.05) is 25.1 Å². The zero-order chi connectivity index (χ0) is 37.2. The molecule has 0 aromatic heterocycles. The molecule has 0 saturated carbocycles. The number of carbonyl (C=O) groups excluding carboxylic acids is 4. The number of aryl methyl sites for hydroxylation is 1. The highest BCUT2D eigenvalue weighted by Crippen LogP contribution is 2.61. The van der Waals surface area contributed by atoms with Gasteiger partial charge in [0.2, 0.25) is 11.8 Å². The molecule has 0 aliphatic carbocycles. The Bertz CT molecular complexity index is 1630. The lowest BCUT2D eigenvalue weighted by Gasteiger charge is -2.39. The highest BCUT2D eigenvalue weighted by molar-refractivity contribution is 9.09. The summed E-state index contributed by atoms with van der Waals surface area (Å²) in [6.07, 6.45) is 3.03. The summed E-state index contributed by atoms with van der Waals surface area (Å²) >= 11 is 10.4. The van der Waals surface area contributed by atoms with Crippen LogP contribution in [0.1, 0.15) is 56.8 Å². The quantitative estimate of drug-likeness (QED) is 0.138. The number of alkyl halides is 1. The summed E-state index contributed by atoms with van der Waals surface area (Å²) in [6, 6.07) is 12.1. The number of allylic oxidation sites excluding steroid dienone is 1. The van der Waals surface area contributed by atoms with Crippen LogP contribution in [0.3, 0.4) is 0 Å². The summed E-state index contributed by atoms with van der Waals surface area (Å²) in [5.41, 5.74) is 0.518. The van der Waals surface area contributed by atoms with Crippen molar-refractivity contribution in [3.05, 3.63) is 90.0 Å². The van der Waals surface area contributed by atoms with Crippen molar-refractivity contribution in [3.63, 3.8) is 0 Å². The van der Waals surface area contributed by atoms with Gasteiger partial charge in [0.05, 0.1) is 47.3 Å². The van der Waals surface area contributed by atoms with Gasteiger partial charge in [-0.2, -0.15) is 0 Å². The normalized spacial score (nSPS) is 26.6. The number of rotatable bonds is 15. The van der Waals surface area contributed by atoms with E-state index in [-0.39, 0.29) is 30.1 Å². The number of anilines is 1. The maximum atomic E-state index is 15.0. The molecule has 1 unspecified atom stereocenters. The van der Waals surface area contributed by atoms with Crippen molar-refractivity contribution in [2.24, 2.45) is 11.8 Å². The SMILES string of the molecule is C=CCCC(=O)N(C)[C@@H](C)[C@@H](OC(=O)[C@H]1[C@@H]2O[C@@]3(CC2Br)[C@@H]1C(=O)N([C@@H](CC)CO)[C@@H]3C(=O)N(CC=C)c1c(C)cccc1Cl)c1ccccc1. The highest BCUT2D eigenvalue weighted by atomic mass is 79.9. The summed E-state index contributed by atoms with van der Waals surface area (Å²) in [7, 11) is 1.67. The number of benzene rings is 2. The number of carbonyl (C=O) groups is 4. The molecule has 274 valence electrons. The first kappa shape index (κ1) is 38.7. The fraction of sp³-hybridized carbons (Fsp3) is 0.487. The molecule has 3 aliphatic heterocycles. The fourth-order valence-electron chi connectivity index (χ4n) is 8.08. The number of esters is 1. The number of ether oxygens (including phenoxy) is 2. The third-order valence-electron chi connectivity index (χ3n) is 10.7. The van der Waals surface area contributed by atoms with Crippen LogP contribution in [-0.2, 0) is 28.7 Å². The minimum absolute atomic E-state index is 0.0981. The Kier molecular flexibility index (Phi) is 12.2. The number of amides is 3. The molecule has 3 saturated heterocycles. The minimum atomic E-state index is -1.40. The topological polar surface area (TPSA) is 117 Å². The molecule has 2 bridgehead atoms.